The second-order valence-corrected chi connectivity index (χ2v) is 4.98. The molecule has 0 radical (unpaired) electrons. The summed E-state index contributed by atoms with van der Waals surface area (Å²) in [4.78, 5) is 12.6. The molecule has 0 heterocycles. The fraction of sp³-hybridized carbons (Fsp3) is 0.211. The van der Waals surface area contributed by atoms with Gasteiger partial charge in [0.05, 0.1) is 28.4 Å². The maximum absolute atomic E-state index is 12.6. The first-order chi connectivity index (χ1) is 12.1. The topological polar surface area (TPSA) is 74.2 Å². The lowest BCUT2D eigenvalue weighted by Crippen LogP contribution is -2.03. The number of aromatic hydroxyl groups is 1. The molecule has 0 saturated heterocycles. The number of phenolic OH excluding ortho intramolecular Hbond substituents is 1. The zero-order valence-electron chi connectivity index (χ0n) is 14.5. The molecule has 2 aromatic carbocycles. The number of ketones is 1. The number of benzene rings is 2. The Balaban J connectivity index is 2.46. The van der Waals surface area contributed by atoms with Crippen molar-refractivity contribution in [2.24, 2.45) is 0 Å². The molecule has 0 atom stereocenters. The molecule has 0 aliphatic carbocycles. The molecule has 25 heavy (non-hydrogen) atoms. The average molecular weight is 344 g/mol. The first kappa shape index (κ1) is 18.2. The number of methoxy groups -OCH3 is 4. The molecule has 0 bridgehead atoms. The number of hydrogen-bond donors (Lipinski definition) is 1. The molecular formula is C19H20O6. The van der Waals surface area contributed by atoms with Crippen LogP contribution in [-0.4, -0.2) is 39.3 Å². The lowest BCUT2D eigenvalue weighted by molar-refractivity contribution is 0.104. The van der Waals surface area contributed by atoms with E-state index < -0.39 is 5.78 Å². The molecule has 132 valence electrons. The van der Waals surface area contributed by atoms with Crippen LogP contribution in [-0.2, 0) is 0 Å². The molecule has 0 unspecified atom stereocenters. The third-order valence-corrected chi connectivity index (χ3v) is 3.63. The predicted octanol–water partition coefficient (Wildman–Crippen LogP) is 3.32. The zero-order chi connectivity index (χ0) is 18.4. The summed E-state index contributed by atoms with van der Waals surface area (Å²) in [5.41, 5.74) is 0.726. The van der Waals surface area contributed by atoms with Crippen LogP contribution in [0.5, 0.6) is 28.7 Å². The van der Waals surface area contributed by atoms with Gasteiger partial charge >= 0.3 is 0 Å². The average Bonchev–Trinajstić information content (AvgIpc) is 2.65. The van der Waals surface area contributed by atoms with E-state index in [4.69, 9.17) is 18.9 Å². The highest BCUT2D eigenvalue weighted by atomic mass is 16.5. The van der Waals surface area contributed by atoms with Crippen LogP contribution in [0.3, 0.4) is 0 Å². The Kier molecular flexibility index (Phi) is 5.89. The van der Waals surface area contributed by atoms with Crippen LogP contribution in [0.25, 0.3) is 6.08 Å². The van der Waals surface area contributed by atoms with Crippen LogP contribution in [0.15, 0.2) is 36.4 Å². The molecule has 2 aromatic rings. The Morgan fingerprint density at radius 1 is 0.920 bits per heavy atom. The second kappa shape index (κ2) is 8.10. The highest BCUT2D eigenvalue weighted by molar-refractivity contribution is 6.11. The minimum Gasteiger partial charge on any atom is -0.504 e. The molecule has 6 nitrogen and oxygen atoms in total. The molecule has 0 aromatic heterocycles. The lowest BCUT2D eigenvalue weighted by atomic mass is 10.0. The van der Waals surface area contributed by atoms with Gasteiger partial charge in [-0.15, -0.1) is 0 Å². The third kappa shape index (κ3) is 3.68. The molecular weight excluding hydrogens is 324 g/mol. The Hall–Kier alpha value is -3.15. The van der Waals surface area contributed by atoms with E-state index in [2.05, 4.69) is 0 Å². The van der Waals surface area contributed by atoms with Crippen LogP contribution >= 0.6 is 0 Å². The van der Waals surface area contributed by atoms with E-state index in [-0.39, 0.29) is 28.6 Å². The molecule has 0 amide bonds. The number of para-hydroxylation sites is 1. The molecule has 0 aliphatic rings. The van der Waals surface area contributed by atoms with Gasteiger partial charge in [0, 0.05) is 11.6 Å². The highest BCUT2D eigenvalue weighted by Crippen LogP contribution is 2.44. The van der Waals surface area contributed by atoms with Gasteiger partial charge in [-0.1, -0.05) is 18.2 Å². The zero-order valence-corrected chi connectivity index (χ0v) is 14.5. The van der Waals surface area contributed by atoms with Crippen molar-refractivity contribution in [3.05, 3.63) is 47.5 Å². The number of rotatable bonds is 7. The van der Waals surface area contributed by atoms with Crippen molar-refractivity contribution in [2.45, 2.75) is 0 Å². The number of hydrogen-bond acceptors (Lipinski definition) is 6. The number of phenols is 1. The van der Waals surface area contributed by atoms with Crippen molar-refractivity contribution in [1.29, 1.82) is 0 Å². The fourth-order valence-electron chi connectivity index (χ4n) is 2.40. The van der Waals surface area contributed by atoms with Crippen LogP contribution in [0.4, 0.5) is 0 Å². The Morgan fingerprint density at radius 2 is 1.56 bits per heavy atom. The Bertz CT molecular complexity index is 795. The minimum atomic E-state index is -0.443. The maximum Gasteiger partial charge on any atom is 0.204 e. The van der Waals surface area contributed by atoms with Crippen molar-refractivity contribution in [2.75, 3.05) is 28.4 Å². The van der Waals surface area contributed by atoms with Crippen LogP contribution < -0.4 is 18.9 Å². The summed E-state index contributed by atoms with van der Waals surface area (Å²) < 4.78 is 20.7. The normalized spacial score (nSPS) is 10.6. The summed E-state index contributed by atoms with van der Waals surface area (Å²) in [5, 5.41) is 10.4. The first-order valence-corrected chi connectivity index (χ1v) is 7.44. The Morgan fingerprint density at radius 3 is 2.16 bits per heavy atom. The number of carbonyl (C=O) groups is 1. The number of ether oxygens (including phenoxy) is 4. The van der Waals surface area contributed by atoms with Gasteiger partial charge in [-0.2, -0.15) is 0 Å². The molecule has 2 rings (SSSR count). The third-order valence-electron chi connectivity index (χ3n) is 3.63. The van der Waals surface area contributed by atoms with Gasteiger partial charge in [0.15, 0.2) is 17.3 Å². The van der Waals surface area contributed by atoms with Crippen molar-refractivity contribution in [1.82, 2.24) is 0 Å². The summed E-state index contributed by atoms with van der Waals surface area (Å²) in [7, 11) is 5.77. The first-order valence-electron chi connectivity index (χ1n) is 7.44. The van der Waals surface area contributed by atoms with Crippen molar-refractivity contribution in [3.8, 4) is 28.7 Å². The van der Waals surface area contributed by atoms with Crippen molar-refractivity contribution < 1.29 is 28.8 Å². The van der Waals surface area contributed by atoms with E-state index >= 15 is 0 Å². The molecule has 0 aliphatic heterocycles. The standard InChI is InChI=1S/C19H20O6/c1-22-14-8-6-5-7-12(14)9-10-13(20)17-15(23-2)11-16(24-3)19(25-4)18(17)21/h5-11,21H,1-4H3. The van der Waals surface area contributed by atoms with E-state index in [1.807, 2.05) is 18.2 Å². The van der Waals surface area contributed by atoms with Crippen LogP contribution in [0.2, 0.25) is 0 Å². The van der Waals surface area contributed by atoms with Gasteiger partial charge < -0.3 is 24.1 Å². The lowest BCUT2D eigenvalue weighted by Gasteiger charge is -2.15. The summed E-state index contributed by atoms with van der Waals surface area (Å²) in [6, 6.07) is 8.76. The van der Waals surface area contributed by atoms with Gasteiger partial charge in [-0.25, -0.2) is 0 Å². The Labute approximate surface area is 146 Å². The van der Waals surface area contributed by atoms with Gasteiger partial charge in [-0.3, -0.25) is 4.79 Å². The van der Waals surface area contributed by atoms with E-state index in [0.717, 1.165) is 5.56 Å². The molecule has 1 N–H and O–H groups in total. The predicted molar refractivity (Wildman–Crippen MR) is 94.1 cm³/mol. The summed E-state index contributed by atoms with van der Waals surface area (Å²) in [5.74, 6) is 0.369. The molecule has 0 fully saturated rings. The fourth-order valence-corrected chi connectivity index (χ4v) is 2.40. The summed E-state index contributed by atoms with van der Waals surface area (Å²) >= 11 is 0. The maximum atomic E-state index is 12.6. The second-order valence-electron chi connectivity index (χ2n) is 4.98. The number of allylic oxidation sites excluding steroid dienone is 1. The molecule has 0 spiro atoms. The van der Waals surface area contributed by atoms with E-state index in [1.54, 1.807) is 19.3 Å². The van der Waals surface area contributed by atoms with Crippen LogP contribution in [0, 0.1) is 0 Å². The van der Waals surface area contributed by atoms with Crippen molar-refractivity contribution >= 4 is 11.9 Å². The smallest absolute Gasteiger partial charge is 0.204 e. The van der Waals surface area contributed by atoms with Crippen molar-refractivity contribution in [3.63, 3.8) is 0 Å². The van der Waals surface area contributed by atoms with E-state index in [9.17, 15) is 9.90 Å². The van der Waals surface area contributed by atoms with Gasteiger partial charge in [-0.05, 0) is 18.2 Å². The van der Waals surface area contributed by atoms with Gasteiger partial charge in [0.25, 0.3) is 0 Å². The van der Waals surface area contributed by atoms with Gasteiger partial charge in [0.1, 0.15) is 17.1 Å². The van der Waals surface area contributed by atoms with E-state index in [0.29, 0.717) is 5.75 Å². The van der Waals surface area contributed by atoms with Gasteiger partial charge in [0.2, 0.25) is 5.75 Å². The van der Waals surface area contributed by atoms with Crippen LogP contribution in [0.1, 0.15) is 15.9 Å². The largest absolute Gasteiger partial charge is 0.504 e. The quantitative estimate of drug-likeness (QED) is 0.613. The monoisotopic (exact) mass is 344 g/mol. The molecule has 0 saturated carbocycles. The number of carbonyl (C=O) groups excluding carboxylic acids is 1. The van der Waals surface area contributed by atoms with E-state index in [1.165, 1.54) is 33.5 Å². The minimum absolute atomic E-state index is 0.00806. The SMILES string of the molecule is COc1ccccc1C=CC(=O)c1c(OC)cc(OC)c(OC)c1O. The highest BCUT2D eigenvalue weighted by Gasteiger charge is 2.23. The summed E-state index contributed by atoms with van der Waals surface area (Å²) in [6.07, 6.45) is 2.94. The molecule has 6 heteroatoms. The summed E-state index contributed by atoms with van der Waals surface area (Å²) in [6.45, 7) is 0.